The molecule has 0 heterocycles. The minimum atomic E-state index is -1.48. The van der Waals surface area contributed by atoms with Crippen LogP contribution in [0.4, 0.5) is 0 Å². The largest absolute Gasteiger partial charge is 0.490 e. The van der Waals surface area contributed by atoms with Crippen LogP contribution in [0.2, 0.25) is 0 Å². The fourth-order valence-electron chi connectivity index (χ4n) is 3.17. The number of hydrogen-bond donors (Lipinski definition) is 1. The SMILES string of the molecule is Cc1ccc(OC[C@@H](Oc2ccc(C)cc2)[C@@H](O)[C@](C)(C=O)OCc2ccccc2)cc1. The van der Waals surface area contributed by atoms with Crippen molar-refractivity contribution >= 4 is 6.29 Å². The number of carbonyl (C=O) groups is 1. The third-order valence-corrected chi connectivity index (χ3v) is 5.31. The summed E-state index contributed by atoms with van der Waals surface area (Å²) in [6.45, 7) is 5.76. The fraction of sp³-hybridized carbons (Fsp3) is 0.296. The molecule has 3 aromatic rings. The average Bonchev–Trinajstić information content (AvgIpc) is 2.82. The molecule has 0 aliphatic carbocycles. The molecule has 3 aromatic carbocycles. The summed E-state index contributed by atoms with van der Waals surface area (Å²) < 4.78 is 17.8. The highest BCUT2D eigenvalue weighted by Gasteiger charge is 2.41. The molecule has 0 aliphatic rings. The zero-order valence-electron chi connectivity index (χ0n) is 18.7. The van der Waals surface area contributed by atoms with E-state index in [9.17, 15) is 9.90 Å². The van der Waals surface area contributed by atoms with Gasteiger partial charge in [-0.1, -0.05) is 65.7 Å². The average molecular weight is 435 g/mol. The van der Waals surface area contributed by atoms with Crippen molar-refractivity contribution in [2.45, 2.75) is 45.2 Å². The van der Waals surface area contributed by atoms with E-state index in [-0.39, 0.29) is 13.2 Å². The first-order chi connectivity index (χ1) is 15.4. The van der Waals surface area contributed by atoms with Gasteiger partial charge in [0.05, 0.1) is 6.61 Å². The van der Waals surface area contributed by atoms with Crippen LogP contribution in [-0.4, -0.2) is 35.8 Å². The fourth-order valence-corrected chi connectivity index (χ4v) is 3.17. The number of aryl methyl sites for hydroxylation is 2. The Bertz CT molecular complexity index is 969. The van der Waals surface area contributed by atoms with E-state index in [0.29, 0.717) is 17.8 Å². The number of aliphatic hydroxyl groups is 1. The minimum Gasteiger partial charge on any atom is -0.490 e. The Labute approximate surface area is 189 Å². The second-order valence-corrected chi connectivity index (χ2v) is 8.11. The number of ether oxygens (including phenoxy) is 3. The highest BCUT2D eigenvalue weighted by molar-refractivity contribution is 5.63. The van der Waals surface area contributed by atoms with Crippen LogP contribution in [0.25, 0.3) is 0 Å². The lowest BCUT2D eigenvalue weighted by molar-refractivity contribution is -0.164. The van der Waals surface area contributed by atoms with E-state index in [1.165, 1.54) is 0 Å². The maximum atomic E-state index is 12.0. The van der Waals surface area contributed by atoms with E-state index in [0.717, 1.165) is 16.7 Å². The Hall–Kier alpha value is -3.15. The summed E-state index contributed by atoms with van der Waals surface area (Å²) in [5.41, 5.74) is 1.63. The zero-order valence-corrected chi connectivity index (χ0v) is 18.7. The number of carbonyl (C=O) groups excluding carboxylic acids is 1. The van der Waals surface area contributed by atoms with Gasteiger partial charge in [0.2, 0.25) is 0 Å². The molecule has 3 atom stereocenters. The summed E-state index contributed by atoms with van der Waals surface area (Å²) in [6.07, 6.45) is -1.49. The summed E-state index contributed by atoms with van der Waals surface area (Å²) in [4.78, 5) is 12.0. The lowest BCUT2D eigenvalue weighted by Gasteiger charge is -2.34. The van der Waals surface area contributed by atoms with Gasteiger partial charge in [-0.15, -0.1) is 0 Å². The van der Waals surface area contributed by atoms with Crippen molar-refractivity contribution < 1.29 is 24.1 Å². The predicted octanol–water partition coefficient (Wildman–Crippen LogP) is 4.67. The monoisotopic (exact) mass is 434 g/mol. The molecule has 0 saturated carbocycles. The van der Waals surface area contributed by atoms with E-state index in [2.05, 4.69) is 0 Å². The maximum absolute atomic E-state index is 12.0. The minimum absolute atomic E-state index is 0.0379. The lowest BCUT2D eigenvalue weighted by atomic mass is 9.95. The van der Waals surface area contributed by atoms with Crippen molar-refractivity contribution in [2.24, 2.45) is 0 Å². The van der Waals surface area contributed by atoms with Crippen LogP contribution in [0.5, 0.6) is 11.5 Å². The Balaban J connectivity index is 1.77. The number of rotatable bonds is 11. The lowest BCUT2D eigenvalue weighted by Crippen LogP contribution is -2.54. The van der Waals surface area contributed by atoms with Crippen LogP contribution in [0.1, 0.15) is 23.6 Å². The summed E-state index contributed by atoms with van der Waals surface area (Å²) in [7, 11) is 0. The quantitative estimate of drug-likeness (QED) is 0.445. The highest BCUT2D eigenvalue weighted by Crippen LogP contribution is 2.24. The second kappa shape index (κ2) is 10.9. The molecule has 0 aliphatic heterocycles. The molecule has 32 heavy (non-hydrogen) atoms. The smallest absolute Gasteiger partial charge is 0.162 e. The number of hydrogen-bond acceptors (Lipinski definition) is 5. The van der Waals surface area contributed by atoms with Crippen molar-refractivity contribution in [3.05, 3.63) is 95.6 Å². The molecule has 0 spiro atoms. The van der Waals surface area contributed by atoms with Gasteiger partial charge in [0.1, 0.15) is 24.2 Å². The standard InChI is InChI=1S/C27H30O5/c1-20-9-13-23(14-10-20)30-18-25(32-24-15-11-21(2)12-16-24)26(29)27(3,19-28)31-17-22-7-5-4-6-8-22/h4-16,19,25-26,29H,17-18H2,1-3H3/t25-,26-,27+/m1/s1. The summed E-state index contributed by atoms with van der Waals surface area (Å²) in [5, 5.41) is 11.2. The Morgan fingerprint density at radius 3 is 2.00 bits per heavy atom. The predicted molar refractivity (Wildman–Crippen MR) is 124 cm³/mol. The first-order valence-electron chi connectivity index (χ1n) is 10.6. The Kier molecular flexibility index (Phi) is 8.03. The first-order valence-corrected chi connectivity index (χ1v) is 10.6. The van der Waals surface area contributed by atoms with Crippen molar-refractivity contribution in [1.82, 2.24) is 0 Å². The molecule has 0 aromatic heterocycles. The maximum Gasteiger partial charge on any atom is 0.162 e. The number of aliphatic hydroxyl groups excluding tert-OH is 1. The summed E-state index contributed by atoms with van der Waals surface area (Å²) in [6, 6.07) is 24.6. The van der Waals surface area contributed by atoms with Gasteiger partial charge in [-0.25, -0.2) is 0 Å². The molecule has 0 amide bonds. The van der Waals surface area contributed by atoms with Gasteiger partial charge in [-0.05, 0) is 50.6 Å². The Morgan fingerprint density at radius 2 is 1.44 bits per heavy atom. The molecule has 0 saturated heterocycles. The molecule has 168 valence electrons. The highest BCUT2D eigenvalue weighted by atomic mass is 16.6. The third-order valence-electron chi connectivity index (χ3n) is 5.31. The normalized spacial score (nSPS) is 14.8. The molecule has 0 bridgehead atoms. The molecular formula is C27H30O5. The molecule has 5 heteroatoms. The van der Waals surface area contributed by atoms with E-state index in [4.69, 9.17) is 14.2 Å². The molecule has 0 fully saturated rings. The zero-order chi connectivity index (χ0) is 23.0. The van der Waals surface area contributed by atoms with Gasteiger partial charge in [-0.3, -0.25) is 0 Å². The molecule has 3 rings (SSSR count). The summed E-state index contributed by atoms with van der Waals surface area (Å²) in [5.74, 6) is 1.22. The van der Waals surface area contributed by atoms with Crippen LogP contribution in [-0.2, 0) is 16.1 Å². The Morgan fingerprint density at radius 1 is 0.875 bits per heavy atom. The van der Waals surface area contributed by atoms with Crippen molar-refractivity contribution in [3.8, 4) is 11.5 Å². The van der Waals surface area contributed by atoms with Gasteiger partial charge < -0.3 is 24.1 Å². The van der Waals surface area contributed by atoms with Crippen LogP contribution >= 0.6 is 0 Å². The molecular weight excluding hydrogens is 404 g/mol. The molecule has 0 unspecified atom stereocenters. The number of aldehydes is 1. The van der Waals surface area contributed by atoms with Gasteiger partial charge in [-0.2, -0.15) is 0 Å². The van der Waals surface area contributed by atoms with Gasteiger partial charge >= 0.3 is 0 Å². The van der Waals surface area contributed by atoms with Crippen LogP contribution in [0.3, 0.4) is 0 Å². The first kappa shape index (κ1) is 23.5. The second-order valence-electron chi connectivity index (χ2n) is 8.11. The van der Waals surface area contributed by atoms with E-state index < -0.39 is 17.8 Å². The molecule has 1 N–H and O–H groups in total. The molecule has 5 nitrogen and oxygen atoms in total. The van der Waals surface area contributed by atoms with E-state index in [1.54, 1.807) is 6.92 Å². The number of benzene rings is 3. The van der Waals surface area contributed by atoms with Gasteiger partial charge in [0.25, 0.3) is 0 Å². The van der Waals surface area contributed by atoms with Crippen LogP contribution in [0, 0.1) is 13.8 Å². The molecule has 0 radical (unpaired) electrons. The van der Waals surface area contributed by atoms with Crippen molar-refractivity contribution in [2.75, 3.05) is 6.61 Å². The van der Waals surface area contributed by atoms with E-state index in [1.807, 2.05) is 92.7 Å². The van der Waals surface area contributed by atoms with Crippen molar-refractivity contribution in [3.63, 3.8) is 0 Å². The van der Waals surface area contributed by atoms with E-state index >= 15 is 0 Å². The summed E-state index contributed by atoms with van der Waals surface area (Å²) >= 11 is 0. The third kappa shape index (κ3) is 6.42. The van der Waals surface area contributed by atoms with Crippen LogP contribution in [0.15, 0.2) is 78.9 Å². The van der Waals surface area contributed by atoms with Gasteiger partial charge in [0.15, 0.2) is 18.0 Å². The topological polar surface area (TPSA) is 65.0 Å². The van der Waals surface area contributed by atoms with Gasteiger partial charge in [0, 0.05) is 0 Å². The van der Waals surface area contributed by atoms with Crippen molar-refractivity contribution in [1.29, 1.82) is 0 Å². The van der Waals surface area contributed by atoms with Crippen LogP contribution < -0.4 is 9.47 Å².